The van der Waals surface area contributed by atoms with E-state index in [2.05, 4.69) is 48.5 Å². The summed E-state index contributed by atoms with van der Waals surface area (Å²) < 4.78 is -3.44. The van der Waals surface area contributed by atoms with Crippen LogP contribution in [0.1, 0.15) is 22.3 Å². The molecule has 4 aromatic carbocycles. The summed E-state index contributed by atoms with van der Waals surface area (Å²) >= 11 is 38.3. The first-order chi connectivity index (χ1) is 19.6. The normalized spacial score (nSPS) is 12.0. The van der Waals surface area contributed by atoms with E-state index in [0.29, 0.717) is 0 Å². The SMILES string of the molecule is S=P(CCc1ccc(Cl)cc1)(CCc1ccc(Cl)cc1)[Se]P(=S)(CCc1ccc(Cl)cc1)CCc1ccc(Cl)cc1. The fraction of sp³-hybridized carbons (Fsp3) is 0.250. The minimum atomic E-state index is -1.72. The fourth-order valence-corrected chi connectivity index (χ4v) is 45.0. The standard InChI is InChI=1S/C32H32Cl4P2S2Se/c33-29-9-1-25(2-10-29)17-21-37(39,22-18-26-3-11-30(34)12-4-26)41-38(40,23-19-27-5-13-31(35)14-6-27)24-20-28-7-15-32(36)16-8-28/h1-16H,17-24H2. The van der Waals surface area contributed by atoms with Gasteiger partial charge in [0.25, 0.3) is 0 Å². The molecule has 4 aromatic rings. The van der Waals surface area contributed by atoms with Gasteiger partial charge in [-0.3, -0.25) is 0 Å². The van der Waals surface area contributed by atoms with Crippen LogP contribution in [-0.4, -0.2) is 38.7 Å². The van der Waals surface area contributed by atoms with Crippen LogP contribution >= 0.6 is 55.9 Å². The number of hydrogen-bond donors (Lipinski definition) is 0. The third-order valence-corrected chi connectivity index (χ3v) is 38.2. The topological polar surface area (TPSA) is 0 Å². The Bertz CT molecular complexity index is 1270. The molecule has 0 amide bonds. The minimum absolute atomic E-state index is 0.238. The second-order valence-corrected chi connectivity index (χ2v) is 36.8. The van der Waals surface area contributed by atoms with Gasteiger partial charge in [0.15, 0.2) is 0 Å². The molecular formula is C32H32Cl4P2S2Se. The van der Waals surface area contributed by atoms with Gasteiger partial charge in [0.1, 0.15) is 0 Å². The fourth-order valence-electron chi connectivity index (χ4n) is 4.46. The van der Waals surface area contributed by atoms with E-state index in [4.69, 9.17) is 70.0 Å². The van der Waals surface area contributed by atoms with Crippen molar-refractivity contribution in [3.63, 3.8) is 0 Å². The summed E-state index contributed by atoms with van der Waals surface area (Å²) in [6.45, 7) is 0. The Labute approximate surface area is 280 Å². The van der Waals surface area contributed by atoms with Gasteiger partial charge < -0.3 is 0 Å². The van der Waals surface area contributed by atoms with Crippen LogP contribution in [0.5, 0.6) is 0 Å². The van der Waals surface area contributed by atoms with Gasteiger partial charge in [-0.15, -0.1) is 0 Å². The monoisotopic (exact) mass is 762 g/mol. The van der Waals surface area contributed by atoms with Gasteiger partial charge in [-0.2, -0.15) is 0 Å². The molecule has 0 heterocycles. The van der Waals surface area contributed by atoms with E-state index in [-0.39, 0.29) is 14.1 Å². The number of benzene rings is 4. The molecule has 0 fully saturated rings. The van der Waals surface area contributed by atoms with Crippen molar-refractivity contribution >= 4 is 93.5 Å². The van der Waals surface area contributed by atoms with Crippen molar-refractivity contribution < 1.29 is 0 Å². The van der Waals surface area contributed by atoms with Crippen LogP contribution in [0.4, 0.5) is 0 Å². The van der Waals surface area contributed by atoms with E-state index in [1.165, 1.54) is 22.3 Å². The van der Waals surface area contributed by atoms with Crippen LogP contribution in [0.3, 0.4) is 0 Å². The predicted molar refractivity (Wildman–Crippen MR) is 194 cm³/mol. The Balaban J connectivity index is 1.56. The second kappa shape index (κ2) is 16.3. The van der Waals surface area contributed by atoms with Crippen LogP contribution in [0, 0.1) is 0 Å². The van der Waals surface area contributed by atoms with Gasteiger partial charge in [-0.25, -0.2) is 0 Å². The summed E-state index contributed by atoms with van der Waals surface area (Å²) in [6.07, 6.45) is 8.05. The molecule has 0 bridgehead atoms. The molecule has 0 aromatic heterocycles. The molecule has 0 nitrogen and oxygen atoms in total. The Hall–Kier alpha value is -0.141. The van der Waals surface area contributed by atoms with Gasteiger partial charge in [-0.1, -0.05) is 0 Å². The number of aryl methyl sites for hydroxylation is 4. The number of hydrogen-bond acceptors (Lipinski definition) is 2. The summed E-state index contributed by atoms with van der Waals surface area (Å²) in [7, 11) is 0. The van der Waals surface area contributed by atoms with Gasteiger partial charge in [0.2, 0.25) is 0 Å². The zero-order chi connectivity index (χ0) is 29.3. The molecule has 0 atom stereocenters. The van der Waals surface area contributed by atoms with Crippen LogP contribution in [-0.2, 0) is 49.3 Å². The average Bonchev–Trinajstić information content (AvgIpc) is 2.96. The van der Waals surface area contributed by atoms with Crippen molar-refractivity contribution in [2.75, 3.05) is 24.6 Å². The molecule has 0 aliphatic rings. The van der Waals surface area contributed by atoms with Crippen LogP contribution in [0.15, 0.2) is 97.1 Å². The summed E-state index contributed by atoms with van der Waals surface area (Å²) in [6, 6.07) is 32.8. The molecule has 0 N–H and O–H groups in total. The predicted octanol–water partition coefficient (Wildman–Crippen LogP) is 11.1. The third-order valence-electron chi connectivity index (χ3n) is 6.92. The molecular weight excluding hydrogens is 731 g/mol. The molecule has 0 radical (unpaired) electrons. The molecule has 0 saturated heterocycles. The maximum absolute atomic E-state index is 6.71. The molecule has 9 heteroatoms. The second-order valence-electron chi connectivity index (χ2n) is 10.1. The molecule has 0 spiro atoms. The van der Waals surface area contributed by atoms with Crippen LogP contribution in [0.2, 0.25) is 20.1 Å². The molecule has 216 valence electrons. The van der Waals surface area contributed by atoms with Crippen molar-refractivity contribution in [2.24, 2.45) is 0 Å². The summed E-state index contributed by atoms with van der Waals surface area (Å²) in [5.74, 6) is 0. The van der Waals surface area contributed by atoms with Gasteiger partial charge in [-0.05, 0) is 0 Å². The first kappa shape index (κ1) is 33.7. The van der Waals surface area contributed by atoms with Crippen LogP contribution < -0.4 is 0 Å². The molecule has 0 saturated carbocycles. The van der Waals surface area contributed by atoms with Crippen molar-refractivity contribution in [3.05, 3.63) is 139 Å². The van der Waals surface area contributed by atoms with E-state index in [1.807, 2.05) is 48.5 Å². The number of halogens is 4. The molecule has 0 aliphatic carbocycles. The Morgan fingerprint density at radius 1 is 0.390 bits per heavy atom. The summed E-state index contributed by atoms with van der Waals surface area (Å²) in [5.41, 5.74) is 5.17. The summed E-state index contributed by atoms with van der Waals surface area (Å²) in [4.78, 5) is 0. The van der Waals surface area contributed by atoms with E-state index in [9.17, 15) is 0 Å². The Morgan fingerprint density at radius 3 is 0.780 bits per heavy atom. The third kappa shape index (κ3) is 11.7. The van der Waals surface area contributed by atoms with Crippen LogP contribution in [0.25, 0.3) is 0 Å². The average molecular weight is 763 g/mol. The quantitative estimate of drug-likeness (QED) is 0.0927. The molecule has 4 rings (SSSR count). The van der Waals surface area contributed by atoms with Crippen molar-refractivity contribution in [1.29, 1.82) is 0 Å². The zero-order valence-electron chi connectivity index (χ0n) is 22.5. The van der Waals surface area contributed by atoms with Gasteiger partial charge >= 0.3 is 283 Å². The van der Waals surface area contributed by atoms with E-state index < -0.39 is 9.45 Å². The van der Waals surface area contributed by atoms with Crippen molar-refractivity contribution in [3.8, 4) is 0 Å². The molecule has 0 aliphatic heterocycles. The van der Waals surface area contributed by atoms with E-state index in [1.54, 1.807) is 0 Å². The Kier molecular flexibility index (Phi) is 13.4. The molecule has 0 unspecified atom stereocenters. The summed E-state index contributed by atoms with van der Waals surface area (Å²) in [5, 5.41) is 3.06. The zero-order valence-corrected chi connectivity index (χ0v) is 30.7. The van der Waals surface area contributed by atoms with E-state index in [0.717, 1.165) is 70.4 Å². The van der Waals surface area contributed by atoms with Gasteiger partial charge in [0.05, 0.1) is 0 Å². The van der Waals surface area contributed by atoms with E-state index >= 15 is 0 Å². The first-order valence-electron chi connectivity index (χ1n) is 13.5. The van der Waals surface area contributed by atoms with Gasteiger partial charge in [0, 0.05) is 0 Å². The van der Waals surface area contributed by atoms with Crippen molar-refractivity contribution in [1.82, 2.24) is 0 Å². The van der Waals surface area contributed by atoms with Crippen molar-refractivity contribution in [2.45, 2.75) is 25.7 Å². The Morgan fingerprint density at radius 2 is 0.585 bits per heavy atom. The first-order valence-corrected chi connectivity index (χ1v) is 25.7. The number of rotatable bonds is 14. The maximum atomic E-state index is 6.71. The molecule has 41 heavy (non-hydrogen) atoms.